The zero-order valence-corrected chi connectivity index (χ0v) is 18.2. The van der Waals surface area contributed by atoms with Gasteiger partial charge < -0.3 is 24.4 Å². The number of rotatable bonds is 9. The second kappa shape index (κ2) is 10.3. The van der Waals surface area contributed by atoms with Gasteiger partial charge in [0.05, 0.1) is 20.6 Å². The number of phenolic OH excluding ortho intramolecular Hbond substituents is 1. The van der Waals surface area contributed by atoms with E-state index < -0.39 is 0 Å². The van der Waals surface area contributed by atoms with Crippen LogP contribution in [0.5, 0.6) is 17.2 Å². The second-order valence-electron chi connectivity index (χ2n) is 7.86. The minimum Gasteiger partial charge on any atom is -0.508 e. The van der Waals surface area contributed by atoms with E-state index in [1.807, 2.05) is 29.2 Å². The summed E-state index contributed by atoms with van der Waals surface area (Å²) in [4.78, 5) is 17.0. The largest absolute Gasteiger partial charge is 0.508 e. The molecule has 0 saturated heterocycles. The van der Waals surface area contributed by atoms with Crippen LogP contribution in [0, 0.1) is 0 Å². The first-order valence-electron chi connectivity index (χ1n) is 10.5. The molecule has 0 fully saturated rings. The first kappa shape index (κ1) is 22.0. The van der Waals surface area contributed by atoms with Crippen molar-refractivity contribution < 1.29 is 19.4 Å². The molecule has 0 saturated carbocycles. The number of methoxy groups -OCH3 is 2. The summed E-state index contributed by atoms with van der Waals surface area (Å²) < 4.78 is 10.8. The van der Waals surface area contributed by atoms with Crippen molar-refractivity contribution in [1.29, 1.82) is 0 Å². The number of carbonyl (C=O) groups is 1. The van der Waals surface area contributed by atoms with Gasteiger partial charge >= 0.3 is 0 Å². The molecule has 1 aliphatic heterocycles. The highest BCUT2D eigenvalue weighted by Gasteiger charge is 2.22. The van der Waals surface area contributed by atoms with Crippen LogP contribution in [-0.2, 0) is 24.1 Å². The summed E-state index contributed by atoms with van der Waals surface area (Å²) in [5.41, 5.74) is 3.41. The molecule has 0 aliphatic carbocycles. The van der Waals surface area contributed by atoms with Gasteiger partial charge in [-0.25, -0.2) is 0 Å². The Labute approximate surface area is 179 Å². The van der Waals surface area contributed by atoms with Crippen LogP contribution >= 0.6 is 0 Å². The van der Waals surface area contributed by atoms with Gasteiger partial charge in [-0.15, -0.1) is 0 Å². The second-order valence-corrected chi connectivity index (χ2v) is 7.86. The molecule has 0 atom stereocenters. The topological polar surface area (TPSA) is 62.2 Å². The van der Waals surface area contributed by atoms with Crippen molar-refractivity contribution in [2.75, 3.05) is 47.4 Å². The Hall–Kier alpha value is -2.73. The highest BCUT2D eigenvalue weighted by molar-refractivity contribution is 5.80. The van der Waals surface area contributed by atoms with Crippen LogP contribution in [-0.4, -0.2) is 68.3 Å². The molecule has 0 unspecified atom stereocenters. The van der Waals surface area contributed by atoms with Gasteiger partial charge in [0.2, 0.25) is 5.91 Å². The Morgan fingerprint density at radius 2 is 1.70 bits per heavy atom. The minimum absolute atomic E-state index is 0.174. The van der Waals surface area contributed by atoms with Gasteiger partial charge in [-0.1, -0.05) is 12.1 Å². The number of hydrogen-bond donors (Lipinski definition) is 1. The molecule has 2 aromatic carbocycles. The molecule has 1 N–H and O–H groups in total. The van der Waals surface area contributed by atoms with E-state index >= 15 is 0 Å². The highest BCUT2D eigenvalue weighted by Crippen LogP contribution is 2.32. The van der Waals surface area contributed by atoms with Crippen molar-refractivity contribution in [3.8, 4) is 17.2 Å². The molecule has 1 amide bonds. The van der Waals surface area contributed by atoms with Gasteiger partial charge in [0, 0.05) is 19.6 Å². The Bertz CT molecular complexity index is 851. The van der Waals surface area contributed by atoms with Crippen molar-refractivity contribution >= 4 is 5.91 Å². The number of nitrogens with zero attached hydrogens (tertiary/aromatic N) is 2. The summed E-state index contributed by atoms with van der Waals surface area (Å²) in [5.74, 6) is 1.86. The number of ether oxygens (including phenoxy) is 2. The third-order valence-electron chi connectivity index (χ3n) is 5.74. The van der Waals surface area contributed by atoms with Gasteiger partial charge in [-0.3, -0.25) is 4.79 Å². The molecular weight excluding hydrogens is 380 g/mol. The van der Waals surface area contributed by atoms with Crippen LogP contribution in [0.4, 0.5) is 0 Å². The van der Waals surface area contributed by atoms with Crippen LogP contribution < -0.4 is 9.47 Å². The average Bonchev–Trinajstić information content (AvgIpc) is 2.90. The molecule has 30 heavy (non-hydrogen) atoms. The Kier molecular flexibility index (Phi) is 7.57. The van der Waals surface area contributed by atoms with E-state index in [2.05, 4.69) is 11.9 Å². The number of amides is 1. The van der Waals surface area contributed by atoms with Crippen LogP contribution in [0.15, 0.2) is 36.4 Å². The molecule has 2 aromatic rings. The number of likely N-dealkylation sites (N-methyl/N-ethyl adjacent to an activating group) is 1. The lowest BCUT2D eigenvalue weighted by molar-refractivity contribution is -0.130. The fourth-order valence-electron chi connectivity index (χ4n) is 3.88. The normalized spacial score (nSPS) is 13.9. The predicted octanol–water partition coefficient (Wildman–Crippen LogP) is 2.90. The van der Waals surface area contributed by atoms with Crippen LogP contribution in [0.25, 0.3) is 0 Å². The standard InChI is InChI=1S/C24H32N2O4/c1-25(13-9-18-5-7-21(27)8-6-18)11-4-12-26-14-10-19-15-22(29-2)23(30-3)16-20(19)17-24(26)28/h5-8,15-16,27H,4,9-14,17H2,1-3H3. The Morgan fingerprint density at radius 1 is 1.03 bits per heavy atom. The summed E-state index contributed by atoms with van der Waals surface area (Å²) >= 11 is 0. The fourth-order valence-corrected chi connectivity index (χ4v) is 3.88. The van der Waals surface area contributed by atoms with E-state index in [0.717, 1.165) is 56.6 Å². The molecule has 0 spiro atoms. The van der Waals surface area contributed by atoms with E-state index in [1.54, 1.807) is 26.4 Å². The molecular formula is C24H32N2O4. The lowest BCUT2D eigenvalue weighted by Gasteiger charge is -2.23. The maximum atomic E-state index is 12.8. The number of phenols is 1. The monoisotopic (exact) mass is 412 g/mol. The van der Waals surface area contributed by atoms with Gasteiger partial charge in [0.25, 0.3) is 0 Å². The summed E-state index contributed by atoms with van der Waals surface area (Å²) in [5, 5.41) is 9.37. The van der Waals surface area contributed by atoms with Crippen LogP contribution in [0.1, 0.15) is 23.1 Å². The smallest absolute Gasteiger partial charge is 0.227 e. The first-order chi connectivity index (χ1) is 14.5. The van der Waals surface area contributed by atoms with Crippen LogP contribution in [0.2, 0.25) is 0 Å². The zero-order valence-electron chi connectivity index (χ0n) is 18.2. The molecule has 1 heterocycles. The Morgan fingerprint density at radius 3 is 2.37 bits per heavy atom. The van der Waals surface area contributed by atoms with E-state index in [0.29, 0.717) is 23.7 Å². The first-order valence-corrected chi connectivity index (χ1v) is 10.5. The molecule has 162 valence electrons. The van der Waals surface area contributed by atoms with Gasteiger partial charge in [0.15, 0.2) is 11.5 Å². The van der Waals surface area contributed by atoms with Crippen molar-refractivity contribution in [2.24, 2.45) is 0 Å². The molecule has 0 radical (unpaired) electrons. The zero-order chi connectivity index (χ0) is 21.5. The van der Waals surface area contributed by atoms with E-state index in [-0.39, 0.29) is 5.91 Å². The van der Waals surface area contributed by atoms with Gasteiger partial charge in [0.1, 0.15) is 5.75 Å². The summed E-state index contributed by atoms with van der Waals surface area (Å²) in [6.07, 6.45) is 3.13. The van der Waals surface area contributed by atoms with E-state index in [1.165, 1.54) is 5.56 Å². The number of fused-ring (bicyclic) bond motifs is 1. The maximum Gasteiger partial charge on any atom is 0.227 e. The fraction of sp³-hybridized carbons (Fsp3) is 0.458. The van der Waals surface area contributed by atoms with E-state index in [9.17, 15) is 9.90 Å². The average molecular weight is 413 g/mol. The summed E-state index contributed by atoms with van der Waals surface area (Å²) in [6.45, 7) is 3.39. The predicted molar refractivity (Wildman–Crippen MR) is 117 cm³/mol. The number of carbonyl (C=O) groups excluding carboxylic acids is 1. The van der Waals surface area contributed by atoms with E-state index in [4.69, 9.17) is 9.47 Å². The molecule has 6 heteroatoms. The molecule has 0 bridgehead atoms. The third kappa shape index (κ3) is 5.66. The molecule has 3 rings (SSSR count). The summed E-state index contributed by atoms with van der Waals surface area (Å²) in [6, 6.07) is 11.3. The molecule has 0 aromatic heterocycles. The molecule has 1 aliphatic rings. The van der Waals surface area contributed by atoms with Crippen molar-refractivity contribution in [3.63, 3.8) is 0 Å². The number of benzene rings is 2. The third-order valence-corrected chi connectivity index (χ3v) is 5.74. The maximum absolute atomic E-state index is 12.8. The van der Waals surface area contributed by atoms with Crippen molar-refractivity contribution in [1.82, 2.24) is 9.80 Å². The van der Waals surface area contributed by atoms with Crippen molar-refractivity contribution in [3.05, 3.63) is 53.1 Å². The quantitative estimate of drug-likeness (QED) is 0.686. The minimum atomic E-state index is 0.174. The number of aromatic hydroxyl groups is 1. The van der Waals surface area contributed by atoms with Gasteiger partial charge in [-0.2, -0.15) is 0 Å². The SMILES string of the molecule is COc1cc2c(cc1OC)CC(=O)N(CCCN(C)CCc1ccc(O)cc1)CC2. The lowest BCUT2D eigenvalue weighted by atomic mass is 10.0. The number of hydrogen-bond acceptors (Lipinski definition) is 5. The summed E-state index contributed by atoms with van der Waals surface area (Å²) in [7, 11) is 5.36. The molecule has 6 nitrogen and oxygen atoms in total. The van der Waals surface area contributed by atoms with Crippen molar-refractivity contribution in [2.45, 2.75) is 25.7 Å². The Balaban J connectivity index is 1.47. The van der Waals surface area contributed by atoms with Crippen LogP contribution in [0.3, 0.4) is 0 Å². The van der Waals surface area contributed by atoms with Gasteiger partial charge in [-0.05, 0) is 73.8 Å². The lowest BCUT2D eigenvalue weighted by Crippen LogP contribution is -2.35. The highest BCUT2D eigenvalue weighted by atomic mass is 16.5.